The van der Waals surface area contributed by atoms with Gasteiger partial charge in [0.1, 0.15) is 12.3 Å². The molecule has 1 N–H and O–H groups in total. The van der Waals surface area contributed by atoms with Crippen molar-refractivity contribution in [1.29, 1.82) is 0 Å². The van der Waals surface area contributed by atoms with Crippen molar-refractivity contribution in [1.82, 2.24) is 15.2 Å². The van der Waals surface area contributed by atoms with Crippen LogP contribution in [0.3, 0.4) is 0 Å². The normalized spacial score (nSPS) is 18.3. The van der Waals surface area contributed by atoms with Crippen molar-refractivity contribution in [3.8, 4) is 10.8 Å². The predicted octanol–water partition coefficient (Wildman–Crippen LogP) is 2.87. The summed E-state index contributed by atoms with van der Waals surface area (Å²) >= 11 is 1.52. The number of carbonyl (C=O) groups excluding carboxylic acids is 2. The number of urea groups is 1. The standard InChI is InChI=1S/C15H17N3O3S/c1-9(2)6-11-14(19)18(15(20)17-11)7-10-8-21-13(16-10)12-4-3-5-22-12/h3-5,8-9,11H,6-7H2,1-2H3,(H,17,20). The van der Waals surface area contributed by atoms with Gasteiger partial charge in [0.25, 0.3) is 5.91 Å². The van der Waals surface area contributed by atoms with Crippen LogP contribution in [0.1, 0.15) is 26.0 Å². The van der Waals surface area contributed by atoms with Crippen LogP contribution in [-0.2, 0) is 11.3 Å². The van der Waals surface area contributed by atoms with E-state index in [1.54, 1.807) is 0 Å². The molecule has 0 spiro atoms. The molecule has 3 rings (SSSR count). The summed E-state index contributed by atoms with van der Waals surface area (Å²) in [6, 6.07) is 3.03. The van der Waals surface area contributed by atoms with Crippen LogP contribution < -0.4 is 5.32 Å². The highest BCUT2D eigenvalue weighted by atomic mass is 32.1. The summed E-state index contributed by atoms with van der Waals surface area (Å²) < 4.78 is 5.41. The maximum Gasteiger partial charge on any atom is 0.325 e. The number of oxazole rings is 1. The van der Waals surface area contributed by atoms with Crippen LogP contribution in [0.2, 0.25) is 0 Å². The van der Waals surface area contributed by atoms with Gasteiger partial charge in [-0.2, -0.15) is 0 Å². The van der Waals surface area contributed by atoms with E-state index in [9.17, 15) is 9.59 Å². The highest BCUT2D eigenvalue weighted by molar-refractivity contribution is 7.13. The zero-order chi connectivity index (χ0) is 15.7. The number of carbonyl (C=O) groups is 2. The molecule has 6 nitrogen and oxygen atoms in total. The molecule has 22 heavy (non-hydrogen) atoms. The highest BCUT2D eigenvalue weighted by Gasteiger charge is 2.38. The minimum absolute atomic E-state index is 0.133. The van der Waals surface area contributed by atoms with Gasteiger partial charge in [-0.05, 0) is 23.8 Å². The first-order valence-corrected chi connectivity index (χ1v) is 8.02. The first-order chi connectivity index (χ1) is 10.5. The van der Waals surface area contributed by atoms with Gasteiger partial charge in [0.05, 0.1) is 17.1 Å². The van der Waals surface area contributed by atoms with Gasteiger partial charge in [-0.1, -0.05) is 19.9 Å². The molecule has 2 aromatic rings. The maximum atomic E-state index is 12.3. The molecule has 1 saturated heterocycles. The third-order valence-electron chi connectivity index (χ3n) is 3.42. The molecule has 116 valence electrons. The Morgan fingerprint density at radius 2 is 2.27 bits per heavy atom. The molecule has 0 radical (unpaired) electrons. The van der Waals surface area contributed by atoms with E-state index < -0.39 is 6.04 Å². The Morgan fingerprint density at radius 3 is 2.95 bits per heavy atom. The molecule has 0 saturated carbocycles. The fraction of sp³-hybridized carbons (Fsp3) is 0.400. The van der Waals surface area contributed by atoms with Crippen LogP contribution in [0, 0.1) is 5.92 Å². The predicted molar refractivity (Wildman–Crippen MR) is 82.1 cm³/mol. The highest BCUT2D eigenvalue weighted by Crippen LogP contribution is 2.24. The molecule has 1 fully saturated rings. The van der Waals surface area contributed by atoms with Crippen LogP contribution in [0.4, 0.5) is 4.79 Å². The molecular weight excluding hydrogens is 302 g/mol. The Kier molecular flexibility index (Phi) is 3.98. The van der Waals surface area contributed by atoms with Crippen LogP contribution in [0.25, 0.3) is 10.8 Å². The minimum Gasteiger partial charge on any atom is -0.443 e. The summed E-state index contributed by atoms with van der Waals surface area (Å²) in [5.74, 6) is 0.654. The van der Waals surface area contributed by atoms with E-state index in [0.29, 0.717) is 23.9 Å². The number of thiophene rings is 1. The number of imide groups is 1. The Labute approximate surface area is 132 Å². The van der Waals surface area contributed by atoms with Crippen molar-refractivity contribution in [3.63, 3.8) is 0 Å². The Morgan fingerprint density at radius 1 is 1.45 bits per heavy atom. The Hall–Kier alpha value is -2.15. The van der Waals surface area contributed by atoms with Gasteiger partial charge in [0, 0.05) is 0 Å². The number of amides is 3. The first-order valence-electron chi connectivity index (χ1n) is 7.14. The molecule has 1 atom stereocenters. The van der Waals surface area contributed by atoms with Gasteiger partial charge in [0.15, 0.2) is 0 Å². The van der Waals surface area contributed by atoms with Gasteiger partial charge in [-0.15, -0.1) is 11.3 Å². The number of hydrogen-bond acceptors (Lipinski definition) is 5. The molecule has 3 amide bonds. The number of nitrogens with one attached hydrogen (secondary N) is 1. The van der Waals surface area contributed by atoms with Crippen LogP contribution >= 0.6 is 11.3 Å². The largest absolute Gasteiger partial charge is 0.443 e. The topological polar surface area (TPSA) is 75.4 Å². The van der Waals surface area contributed by atoms with Gasteiger partial charge in [-0.3, -0.25) is 9.69 Å². The van der Waals surface area contributed by atoms with Gasteiger partial charge >= 0.3 is 6.03 Å². The SMILES string of the molecule is CC(C)CC1NC(=O)N(Cc2coc(-c3cccs3)n2)C1=O. The molecule has 0 aromatic carbocycles. The van der Waals surface area contributed by atoms with Crippen molar-refractivity contribution < 1.29 is 14.0 Å². The Balaban J connectivity index is 1.71. The molecule has 7 heteroatoms. The Bertz CT molecular complexity index is 678. The van der Waals surface area contributed by atoms with Crippen LogP contribution in [-0.4, -0.2) is 27.9 Å². The monoisotopic (exact) mass is 319 g/mol. The summed E-state index contributed by atoms with van der Waals surface area (Å²) in [5.41, 5.74) is 0.567. The first kappa shape index (κ1) is 14.8. The number of aromatic nitrogens is 1. The lowest BCUT2D eigenvalue weighted by Crippen LogP contribution is -2.31. The van der Waals surface area contributed by atoms with Crippen LogP contribution in [0.5, 0.6) is 0 Å². The van der Waals surface area contributed by atoms with Crippen molar-refractivity contribution in [3.05, 3.63) is 29.5 Å². The minimum atomic E-state index is -0.434. The number of hydrogen-bond donors (Lipinski definition) is 1. The molecule has 1 aliphatic rings. The third-order valence-corrected chi connectivity index (χ3v) is 4.28. The maximum absolute atomic E-state index is 12.3. The fourth-order valence-corrected chi connectivity index (χ4v) is 3.07. The number of rotatable bonds is 5. The van der Waals surface area contributed by atoms with Crippen molar-refractivity contribution in [2.75, 3.05) is 0 Å². The average Bonchev–Trinajstić information content (AvgIpc) is 3.16. The second kappa shape index (κ2) is 5.92. The summed E-state index contributed by atoms with van der Waals surface area (Å²) in [6.07, 6.45) is 2.13. The van der Waals surface area contributed by atoms with E-state index in [2.05, 4.69) is 10.3 Å². The molecule has 0 bridgehead atoms. The van der Waals surface area contributed by atoms with E-state index in [0.717, 1.165) is 4.88 Å². The zero-order valence-electron chi connectivity index (χ0n) is 12.4. The zero-order valence-corrected chi connectivity index (χ0v) is 13.2. The molecule has 3 heterocycles. The summed E-state index contributed by atoms with van der Waals surface area (Å²) in [4.78, 5) is 30.7. The van der Waals surface area contributed by atoms with E-state index in [-0.39, 0.29) is 18.5 Å². The quantitative estimate of drug-likeness (QED) is 0.860. The van der Waals surface area contributed by atoms with E-state index in [4.69, 9.17) is 4.42 Å². The van der Waals surface area contributed by atoms with Crippen molar-refractivity contribution in [2.24, 2.45) is 5.92 Å². The smallest absolute Gasteiger partial charge is 0.325 e. The lowest BCUT2D eigenvalue weighted by molar-refractivity contribution is -0.128. The lowest BCUT2D eigenvalue weighted by atomic mass is 10.0. The molecule has 0 aliphatic carbocycles. The molecule has 1 unspecified atom stereocenters. The van der Waals surface area contributed by atoms with E-state index >= 15 is 0 Å². The molecule has 1 aliphatic heterocycles. The molecule has 2 aromatic heterocycles. The lowest BCUT2D eigenvalue weighted by Gasteiger charge is -2.12. The fourth-order valence-electron chi connectivity index (χ4n) is 2.41. The third kappa shape index (κ3) is 2.89. The van der Waals surface area contributed by atoms with Crippen molar-refractivity contribution in [2.45, 2.75) is 32.9 Å². The second-order valence-electron chi connectivity index (χ2n) is 5.68. The van der Waals surface area contributed by atoms with E-state index in [1.165, 1.54) is 22.5 Å². The molecular formula is C15H17N3O3S. The average molecular weight is 319 g/mol. The van der Waals surface area contributed by atoms with Crippen molar-refractivity contribution >= 4 is 23.3 Å². The summed E-state index contributed by atoms with van der Waals surface area (Å²) in [7, 11) is 0. The second-order valence-corrected chi connectivity index (χ2v) is 6.62. The summed E-state index contributed by atoms with van der Waals surface area (Å²) in [5, 5.41) is 4.66. The van der Waals surface area contributed by atoms with Gasteiger partial charge < -0.3 is 9.73 Å². The number of nitrogens with zero attached hydrogens (tertiary/aromatic N) is 2. The van der Waals surface area contributed by atoms with Gasteiger partial charge in [-0.25, -0.2) is 9.78 Å². The van der Waals surface area contributed by atoms with E-state index in [1.807, 2.05) is 31.4 Å². The summed E-state index contributed by atoms with van der Waals surface area (Å²) in [6.45, 7) is 4.17. The van der Waals surface area contributed by atoms with Gasteiger partial charge in [0.2, 0.25) is 5.89 Å². The van der Waals surface area contributed by atoms with Crippen LogP contribution in [0.15, 0.2) is 28.2 Å².